The molecule has 3 rings (SSSR count). The number of nitrogens with two attached hydrogens (primary N) is 1. The number of hydrogen-bond donors (Lipinski definition) is 1. The number of primary sulfonamides is 1. The Balaban J connectivity index is 2.21. The molecule has 0 bridgehead atoms. The second-order valence-corrected chi connectivity index (χ2v) is 6.23. The van der Waals surface area contributed by atoms with Gasteiger partial charge >= 0.3 is 0 Å². The maximum absolute atomic E-state index is 11.4. The zero-order chi connectivity index (χ0) is 18.2. The van der Waals surface area contributed by atoms with Crippen LogP contribution in [0.2, 0.25) is 0 Å². The number of sulfonamides is 1. The molecule has 0 radical (unpaired) electrons. The monoisotopic (exact) mass is 317 g/mol. The van der Waals surface area contributed by atoms with Gasteiger partial charge in [-0.2, -0.15) is 0 Å². The lowest BCUT2D eigenvalue weighted by Gasteiger charge is -2.04. The van der Waals surface area contributed by atoms with E-state index in [-0.39, 0.29) is 10.7 Å². The molecule has 5 nitrogen and oxygen atoms in total. The van der Waals surface area contributed by atoms with Crippen LogP contribution in [0.4, 0.5) is 0 Å². The van der Waals surface area contributed by atoms with Crippen molar-refractivity contribution < 1.29 is 17.1 Å². The number of nitrogens with zero attached hydrogens (tertiary/aromatic N) is 1. The zero-order valence-corrected chi connectivity index (χ0v) is 12.2. The fraction of sp³-hybridized carbons (Fsp3) is 0.0625. The summed E-state index contributed by atoms with van der Waals surface area (Å²) in [6, 6.07) is 14.6. The van der Waals surface area contributed by atoms with Gasteiger partial charge in [0.15, 0.2) is 0 Å². The lowest BCUT2D eigenvalue weighted by Crippen LogP contribution is -2.11. The van der Waals surface area contributed by atoms with Crippen LogP contribution in [0.25, 0.3) is 22.4 Å². The third kappa shape index (κ3) is 2.66. The lowest BCUT2D eigenvalue weighted by atomic mass is 10.00. The van der Waals surface area contributed by atoms with Gasteiger partial charge in [-0.15, -0.1) is 0 Å². The predicted molar refractivity (Wildman–Crippen MR) is 83.5 cm³/mol. The van der Waals surface area contributed by atoms with E-state index in [1.807, 2.05) is 6.07 Å². The number of benzene rings is 2. The van der Waals surface area contributed by atoms with Gasteiger partial charge in [-0.3, -0.25) is 0 Å². The van der Waals surface area contributed by atoms with Crippen LogP contribution >= 0.6 is 0 Å². The van der Waals surface area contributed by atoms with Crippen molar-refractivity contribution in [3.05, 3.63) is 60.4 Å². The molecule has 0 saturated carbocycles. The van der Waals surface area contributed by atoms with Gasteiger partial charge in [0, 0.05) is 9.68 Å². The second kappa shape index (κ2) is 5.40. The number of aryl methyl sites for hydroxylation is 1. The largest absolute Gasteiger partial charge is 0.360 e. The summed E-state index contributed by atoms with van der Waals surface area (Å²) in [5, 5.41) is 9.02. The minimum atomic E-state index is -3.84. The molecule has 2 aromatic carbocycles. The Morgan fingerprint density at radius 2 is 1.73 bits per heavy atom. The van der Waals surface area contributed by atoms with Crippen molar-refractivity contribution in [2.24, 2.45) is 5.14 Å². The van der Waals surface area contributed by atoms with E-state index < -0.39 is 16.9 Å². The normalized spacial score (nSPS) is 14.1. The summed E-state index contributed by atoms with van der Waals surface area (Å²) >= 11 is 0. The molecule has 6 heteroatoms. The maximum atomic E-state index is 11.4. The molecule has 0 unspecified atom stereocenters. The standard InChI is InChI=1S/C16H14N2O3S/c1-11-15(12-7-9-14(10-8-12)22(17,19)20)16(18-21-11)13-5-3-2-4-6-13/h2-10H,1H3,(H2,17,19,20)/i1D3. The van der Waals surface area contributed by atoms with Crippen LogP contribution in [0.5, 0.6) is 0 Å². The lowest BCUT2D eigenvalue weighted by molar-refractivity contribution is 0.400. The highest BCUT2D eigenvalue weighted by Crippen LogP contribution is 2.34. The Morgan fingerprint density at radius 1 is 1.05 bits per heavy atom. The first-order valence-electron chi connectivity index (χ1n) is 7.87. The molecule has 0 amide bonds. The Kier molecular flexibility index (Phi) is 2.74. The average Bonchev–Trinajstić information content (AvgIpc) is 3.00. The molecule has 0 aliphatic rings. The molecule has 0 aliphatic carbocycles. The van der Waals surface area contributed by atoms with Crippen LogP contribution in [-0.4, -0.2) is 13.6 Å². The average molecular weight is 317 g/mol. The van der Waals surface area contributed by atoms with E-state index in [1.165, 1.54) is 24.3 Å². The zero-order valence-electron chi connectivity index (χ0n) is 14.4. The molecule has 2 N–H and O–H groups in total. The molecule has 0 spiro atoms. The molecule has 0 atom stereocenters. The van der Waals surface area contributed by atoms with Crippen LogP contribution in [0.1, 0.15) is 9.87 Å². The smallest absolute Gasteiger partial charge is 0.238 e. The molecule has 22 heavy (non-hydrogen) atoms. The Bertz CT molecular complexity index is 995. The van der Waals surface area contributed by atoms with Crippen LogP contribution in [0, 0.1) is 6.85 Å². The van der Waals surface area contributed by atoms with Crippen molar-refractivity contribution in [2.45, 2.75) is 11.7 Å². The van der Waals surface area contributed by atoms with E-state index in [4.69, 9.17) is 13.8 Å². The number of hydrogen-bond acceptors (Lipinski definition) is 4. The topological polar surface area (TPSA) is 86.2 Å². The highest BCUT2D eigenvalue weighted by atomic mass is 32.2. The molecule has 1 heterocycles. The van der Waals surface area contributed by atoms with Gasteiger partial charge in [-0.1, -0.05) is 47.6 Å². The van der Waals surface area contributed by atoms with E-state index in [1.54, 1.807) is 24.3 Å². The van der Waals surface area contributed by atoms with Crippen molar-refractivity contribution in [1.82, 2.24) is 5.16 Å². The van der Waals surface area contributed by atoms with E-state index in [0.717, 1.165) is 0 Å². The minimum absolute atomic E-state index is 0.0654. The third-order valence-corrected chi connectivity index (χ3v) is 4.14. The second-order valence-electron chi connectivity index (χ2n) is 4.67. The Hall–Kier alpha value is -2.44. The summed E-state index contributed by atoms with van der Waals surface area (Å²) in [7, 11) is -3.84. The van der Waals surface area contributed by atoms with Gasteiger partial charge in [-0.25, -0.2) is 13.6 Å². The summed E-state index contributed by atoms with van der Waals surface area (Å²) < 4.78 is 50.9. The Morgan fingerprint density at radius 3 is 2.32 bits per heavy atom. The predicted octanol–water partition coefficient (Wildman–Crippen LogP) is 2.96. The van der Waals surface area contributed by atoms with Crippen molar-refractivity contribution in [3.63, 3.8) is 0 Å². The van der Waals surface area contributed by atoms with Crippen molar-refractivity contribution in [3.8, 4) is 22.4 Å². The molecule has 1 aromatic heterocycles. The van der Waals surface area contributed by atoms with Crippen LogP contribution in [-0.2, 0) is 10.0 Å². The molecule has 0 saturated heterocycles. The molecule has 112 valence electrons. The molecular formula is C16H14N2O3S. The molecule has 0 aliphatic heterocycles. The van der Waals surface area contributed by atoms with Crippen molar-refractivity contribution in [1.29, 1.82) is 0 Å². The van der Waals surface area contributed by atoms with Gasteiger partial charge < -0.3 is 4.52 Å². The van der Waals surface area contributed by atoms with E-state index in [0.29, 0.717) is 22.4 Å². The Labute approximate surface area is 132 Å². The quantitative estimate of drug-likeness (QED) is 0.804. The van der Waals surface area contributed by atoms with Gasteiger partial charge in [0.25, 0.3) is 0 Å². The molecule has 3 aromatic rings. The van der Waals surface area contributed by atoms with Crippen molar-refractivity contribution >= 4 is 10.0 Å². The summed E-state index contributed by atoms with van der Waals surface area (Å²) in [4.78, 5) is -0.0654. The fourth-order valence-corrected chi connectivity index (χ4v) is 2.68. The first-order chi connectivity index (χ1) is 11.7. The van der Waals surface area contributed by atoms with Crippen LogP contribution in [0.15, 0.2) is 64.0 Å². The fourth-order valence-electron chi connectivity index (χ4n) is 2.16. The van der Waals surface area contributed by atoms with Gasteiger partial charge in [-0.05, 0) is 24.5 Å². The highest BCUT2D eigenvalue weighted by molar-refractivity contribution is 7.89. The van der Waals surface area contributed by atoms with E-state index >= 15 is 0 Å². The summed E-state index contributed by atoms with van der Waals surface area (Å²) in [5.74, 6) is -0.255. The maximum Gasteiger partial charge on any atom is 0.238 e. The van der Waals surface area contributed by atoms with E-state index in [2.05, 4.69) is 5.16 Å². The molecular weight excluding hydrogens is 300 g/mol. The number of aromatic nitrogens is 1. The van der Waals surface area contributed by atoms with Crippen LogP contribution in [0.3, 0.4) is 0 Å². The van der Waals surface area contributed by atoms with Gasteiger partial charge in [0.05, 0.1) is 10.5 Å². The van der Waals surface area contributed by atoms with Crippen molar-refractivity contribution in [2.75, 3.05) is 0 Å². The van der Waals surface area contributed by atoms with Crippen LogP contribution < -0.4 is 5.14 Å². The summed E-state index contributed by atoms with van der Waals surface area (Å²) in [6.07, 6.45) is 0. The van der Waals surface area contributed by atoms with Gasteiger partial charge in [0.1, 0.15) is 11.5 Å². The summed E-state index contributed by atoms with van der Waals surface area (Å²) in [6.45, 7) is -2.51. The molecule has 0 fully saturated rings. The van der Waals surface area contributed by atoms with Gasteiger partial charge in [0.2, 0.25) is 10.0 Å². The SMILES string of the molecule is [2H]C([2H])([2H])c1onc(-c2ccccc2)c1-c1ccc(S(N)(=O)=O)cc1. The first kappa shape index (κ1) is 11.2. The first-order valence-corrected chi connectivity index (χ1v) is 7.91. The third-order valence-electron chi connectivity index (χ3n) is 3.21. The number of rotatable bonds is 3. The summed E-state index contributed by atoms with van der Waals surface area (Å²) in [5.41, 5.74) is 1.83. The minimum Gasteiger partial charge on any atom is -0.360 e. The van der Waals surface area contributed by atoms with E-state index in [9.17, 15) is 8.42 Å². The highest BCUT2D eigenvalue weighted by Gasteiger charge is 2.17.